The van der Waals surface area contributed by atoms with Gasteiger partial charge in [0.2, 0.25) is 0 Å². The first-order valence-corrected chi connectivity index (χ1v) is 6.75. The number of benzene rings is 1. The second kappa shape index (κ2) is 5.61. The van der Waals surface area contributed by atoms with E-state index in [9.17, 15) is 9.90 Å². The lowest BCUT2D eigenvalue weighted by Gasteiger charge is -2.22. The fourth-order valence-corrected chi connectivity index (χ4v) is 2.09. The summed E-state index contributed by atoms with van der Waals surface area (Å²) in [6.07, 6.45) is 1.76. The van der Waals surface area contributed by atoms with Gasteiger partial charge in [-0.25, -0.2) is 4.79 Å². The average molecular weight is 262 g/mol. The van der Waals surface area contributed by atoms with E-state index in [1.165, 1.54) is 0 Å². The Morgan fingerprint density at radius 1 is 1.47 bits per heavy atom. The van der Waals surface area contributed by atoms with Crippen LogP contribution in [0.3, 0.4) is 0 Å². The molecule has 1 unspecified atom stereocenters. The van der Waals surface area contributed by atoms with Gasteiger partial charge >= 0.3 is 6.03 Å². The zero-order chi connectivity index (χ0) is 14.0. The molecule has 1 saturated carbocycles. The number of nitrogens with one attached hydrogen (secondary N) is 1. The molecule has 0 spiro atoms. The van der Waals surface area contributed by atoms with Crippen molar-refractivity contribution < 1.29 is 9.90 Å². The maximum absolute atomic E-state index is 12.1. The first-order valence-electron chi connectivity index (χ1n) is 6.75. The summed E-state index contributed by atoms with van der Waals surface area (Å²) in [4.78, 5) is 13.6. The van der Waals surface area contributed by atoms with E-state index in [0.29, 0.717) is 12.5 Å². The van der Waals surface area contributed by atoms with Crippen molar-refractivity contribution in [1.82, 2.24) is 4.90 Å². The van der Waals surface area contributed by atoms with Crippen molar-refractivity contribution in [1.29, 1.82) is 0 Å². The van der Waals surface area contributed by atoms with Crippen LogP contribution in [0.25, 0.3) is 0 Å². The summed E-state index contributed by atoms with van der Waals surface area (Å²) >= 11 is 0. The molecule has 19 heavy (non-hydrogen) atoms. The van der Waals surface area contributed by atoms with Crippen LogP contribution in [0.2, 0.25) is 0 Å². The molecule has 1 aromatic rings. The lowest BCUT2D eigenvalue weighted by molar-refractivity contribution is 0.117. The van der Waals surface area contributed by atoms with Crippen molar-refractivity contribution in [3.63, 3.8) is 0 Å². The first kappa shape index (κ1) is 13.9. The maximum atomic E-state index is 12.1. The quantitative estimate of drug-likeness (QED) is 0.876. The lowest BCUT2D eigenvalue weighted by atomic mass is 10.1. The highest BCUT2D eigenvalue weighted by atomic mass is 16.3. The Hall–Kier alpha value is -1.55. The third-order valence-electron chi connectivity index (χ3n) is 3.82. The molecule has 0 heterocycles. The summed E-state index contributed by atoms with van der Waals surface area (Å²) in [6, 6.07) is 5.67. The minimum Gasteiger partial charge on any atom is -0.391 e. The number of aliphatic hydroxyl groups is 1. The SMILES string of the molecule is Cc1cccc(NC(=O)N(C)CC(O)C2CC2)c1C. The van der Waals surface area contributed by atoms with Gasteiger partial charge in [0.05, 0.1) is 6.10 Å². The van der Waals surface area contributed by atoms with Gasteiger partial charge in [-0.2, -0.15) is 0 Å². The largest absolute Gasteiger partial charge is 0.391 e. The number of rotatable bonds is 4. The van der Waals surface area contributed by atoms with Crippen LogP contribution in [0.5, 0.6) is 0 Å². The fraction of sp³-hybridized carbons (Fsp3) is 0.533. The minimum absolute atomic E-state index is 0.173. The number of carbonyl (C=O) groups excluding carboxylic acids is 1. The average Bonchev–Trinajstić information content (AvgIpc) is 3.18. The predicted molar refractivity (Wildman–Crippen MR) is 76.3 cm³/mol. The van der Waals surface area contributed by atoms with Gasteiger partial charge in [-0.1, -0.05) is 12.1 Å². The van der Waals surface area contributed by atoms with E-state index in [1.54, 1.807) is 11.9 Å². The summed E-state index contributed by atoms with van der Waals surface area (Å²) in [7, 11) is 1.71. The molecule has 2 amide bonds. The molecule has 2 N–H and O–H groups in total. The number of amides is 2. The third kappa shape index (κ3) is 3.47. The van der Waals surface area contributed by atoms with Crippen molar-refractivity contribution in [3.8, 4) is 0 Å². The standard InChI is InChI=1S/C15H22N2O2/c1-10-5-4-6-13(11(10)2)16-15(19)17(3)9-14(18)12-7-8-12/h4-6,12,14,18H,7-9H2,1-3H3,(H,16,19). The van der Waals surface area contributed by atoms with E-state index < -0.39 is 6.10 Å². The monoisotopic (exact) mass is 262 g/mol. The number of carbonyl (C=O) groups is 1. The molecular weight excluding hydrogens is 240 g/mol. The molecular formula is C15H22N2O2. The molecule has 104 valence electrons. The van der Waals surface area contributed by atoms with Gasteiger partial charge in [-0.15, -0.1) is 0 Å². The Bertz CT molecular complexity index is 469. The van der Waals surface area contributed by atoms with E-state index in [2.05, 4.69) is 5.32 Å². The van der Waals surface area contributed by atoms with Crippen LogP contribution < -0.4 is 5.32 Å². The van der Waals surface area contributed by atoms with E-state index >= 15 is 0 Å². The van der Waals surface area contributed by atoms with Crippen molar-refractivity contribution in [3.05, 3.63) is 29.3 Å². The molecule has 2 rings (SSSR count). The molecule has 1 atom stereocenters. The molecule has 1 fully saturated rings. The Balaban J connectivity index is 1.94. The Labute approximate surface area is 114 Å². The van der Waals surface area contributed by atoms with Crippen molar-refractivity contribution >= 4 is 11.7 Å². The molecule has 0 aliphatic heterocycles. The van der Waals surface area contributed by atoms with E-state index in [4.69, 9.17) is 0 Å². The van der Waals surface area contributed by atoms with E-state index in [-0.39, 0.29) is 6.03 Å². The highest BCUT2D eigenvalue weighted by Gasteiger charge is 2.31. The summed E-state index contributed by atoms with van der Waals surface area (Å²) in [5.74, 6) is 0.385. The van der Waals surface area contributed by atoms with Gasteiger partial charge in [-0.3, -0.25) is 0 Å². The summed E-state index contributed by atoms with van der Waals surface area (Å²) in [6.45, 7) is 4.40. The van der Waals surface area contributed by atoms with Crippen LogP contribution >= 0.6 is 0 Å². The van der Waals surface area contributed by atoms with Gasteiger partial charge in [0, 0.05) is 19.3 Å². The van der Waals surface area contributed by atoms with Crippen molar-refractivity contribution in [2.24, 2.45) is 5.92 Å². The van der Waals surface area contributed by atoms with E-state index in [0.717, 1.165) is 29.7 Å². The number of urea groups is 1. The number of hydrogen-bond donors (Lipinski definition) is 2. The van der Waals surface area contributed by atoms with Crippen molar-refractivity contribution in [2.45, 2.75) is 32.8 Å². The second-order valence-corrected chi connectivity index (χ2v) is 5.46. The summed E-state index contributed by atoms with van der Waals surface area (Å²) in [5, 5.41) is 12.7. The number of aliphatic hydroxyl groups excluding tert-OH is 1. The summed E-state index contributed by atoms with van der Waals surface area (Å²) < 4.78 is 0. The van der Waals surface area contributed by atoms with E-state index in [1.807, 2.05) is 32.0 Å². The molecule has 0 saturated heterocycles. The van der Waals surface area contributed by atoms with Crippen LogP contribution in [0.15, 0.2) is 18.2 Å². The molecule has 4 nitrogen and oxygen atoms in total. The van der Waals surface area contributed by atoms with Gasteiger partial charge in [0.15, 0.2) is 0 Å². The van der Waals surface area contributed by atoms with Crippen LogP contribution in [0.1, 0.15) is 24.0 Å². The predicted octanol–water partition coefficient (Wildman–Crippen LogP) is 2.54. The van der Waals surface area contributed by atoms with Crippen LogP contribution in [-0.2, 0) is 0 Å². The highest BCUT2D eigenvalue weighted by Crippen LogP contribution is 2.32. The van der Waals surface area contributed by atoms with Crippen LogP contribution in [0, 0.1) is 19.8 Å². The van der Waals surface area contributed by atoms with Gasteiger partial charge < -0.3 is 15.3 Å². The lowest BCUT2D eigenvalue weighted by Crippen LogP contribution is -2.38. The molecule has 0 radical (unpaired) electrons. The number of aryl methyl sites for hydroxylation is 1. The zero-order valence-corrected chi connectivity index (χ0v) is 11.8. The Kier molecular flexibility index (Phi) is 4.10. The molecule has 0 aromatic heterocycles. The van der Waals surface area contributed by atoms with Gasteiger partial charge in [-0.05, 0) is 49.8 Å². The van der Waals surface area contributed by atoms with Crippen molar-refractivity contribution in [2.75, 3.05) is 18.9 Å². The number of nitrogens with zero attached hydrogens (tertiary/aromatic N) is 1. The minimum atomic E-state index is -0.394. The van der Waals surface area contributed by atoms with Crippen LogP contribution in [-0.4, -0.2) is 35.7 Å². The smallest absolute Gasteiger partial charge is 0.321 e. The molecule has 1 aromatic carbocycles. The molecule has 1 aliphatic carbocycles. The molecule has 1 aliphatic rings. The van der Waals surface area contributed by atoms with Gasteiger partial charge in [0.1, 0.15) is 0 Å². The first-order chi connectivity index (χ1) is 8.99. The molecule has 4 heteroatoms. The maximum Gasteiger partial charge on any atom is 0.321 e. The second-order valence-electron chi connectivity index (χ2n) is 5.46. The normalized spacial score (nSPS) is 16.0. The summed E-state index contributed by atoms with van der Waals surface area (Å²) in [5.41, 5.74) is 3.06. The Morgan fingerprint density at radius 3 is 2.79 bits per heavy atom. The number of anilines is 1. The molecule has 0 bridgehead atoms. The number of hydrogen-bond acceptors (Lipinski definition) is 2. The number of likely N-dealkylation sites (N-methyl/N-ethyl adjacent to an activating group) is 1. The highest BCUT2D eigenvalue weighted by molar-refractivity contribution is 5.90. The van der Waals surface area contributed by atoms with Gasteiger partial charge in [0.25, 0.3) is 0 Å². The zero-order valence-electron chi connectivity index (χ0n) is 11.8. The third-order valence-corrected chi connectivity index (χ3v) is 3.82. The fourth-order valence-electron chi connectivity index (χ4n) is 2.09. The Morgan fingerprint density at radius 2 is 2.16 bits per heavy atom. The topological polar surface area (TPSA) is 52.6 Å². The van der Waals surface area contributed by atoms with Crippen LogP contribution in [0.4, 0.5) is 10.5 Å².